The molecule has 1 aliphatic rings. The van der Waals surface area contributed by atoms with E-state index in [4.69, 9.17) is 5.11 Å². The highest BCUT2D eigenvalue weighted by Gasteiger charge is 2.37. The molecule has 0 radical (unpaired) electrons. The summed E-state index contributed by atoms with van der Waals surface area (Å²) in [6.07, 6.45) is 0.113. The van der Waals surface area contributed by atoms with Gasteiger partial charge in [0.15, 0.2) is 0 Å². The Bertz CT molecular complexity index is 996. The number of amides is 3. The number of anilines is 1. The van der Waals surface area contributed by atoms with Crippen molar-refractivity contribution in [2.24, 2.45) is 5.92 Å². The summed E-state index contributed by atoms with van der Waals surface area (Å²) in [6, 6.07) is 12.3. The van der Waals surface area contributed by atoms with E-state index < -0.39 is 41.6 Å². The van der Waals surface area contributed by atoms with E-state index in [1.54, 1.807) is 24.3 Å². The predicted octanol–water partition coefficient (Wildman–Crippen LogP) is 1.50. The van der Waals surface area contributed by atoms with Gasteiger partial charge in [-0.1, -0.05) is 30.3 Å². The highest BCUT2D eigenvalue weighted by atomic mass is 19.1. The quantitative estimate of drug-likeness (QED) is 0.574. The summed E-state index contributed by atoms with van der Waals surface area (Å²) >= 11 is 0. The summed E-state index contributed by atoms with van der Waals surface area (Å²) in [5.41, 5.74) is 1.27. The molecular weight excluding hydrogens is 417 g/mol. The van der Waals surface area contributed by atoms with E-state index in [1.807, 2.05) is 6.07 Å². The number of halogens is 1. The molecule has 3 atom stereocenters. The Hall–Kier alpha value is -3.75. The van der Waals surface area contributed by atoms with Gasteiger partial charge in [-0.25, -0.2) is 4.39 Å². The van der Waals surface area contributed by atoms with Crippen LogP contribution in [0.25, 0.3) is 0 Å². The van der Waals surface area contributed by atoms with Gasteiger partial charge >= 0.3 is 5.97 Å². The third-order valence-electron chi connectivity index (χ3n) is 5.28. The summed E-state index contributed by atoms with van der Waals surface area (Å²) in [5.74, 6) is -3.71. The Balaban J connectivity index is 1.71. The monoisotopic (exact) mass is 441 g/mol. The molecule has 1 fully saturated rings. The van der Waals surface area contributed by atoms with E-state index in [2.05, 4.69) is 10.6 Å². The zero-order chi connectivity index (χ0) is 23.3. The van der Waals surface area contributed by atoms with Crippen LogP contribution >= 0.6 is 0 Å². The number of nitrogens with one attached hydrogen (secondary N) is 2. The number of nitrogens with zero attached hydrogens (tertiary/aromatic N) is 1. The van der Waals surface area contributed by atoms with Gasteiger partial charge in [0.2, 0.25) is 17.7 Å². The van der Waals surface area contributed by atoms with Gasteiger partial charge in [0.25, 0.3) is 0 Å². The molecule has 0 aromatic heterocycles. The fourth-order valence-electron chi connectivity index (χ4n) is 3.48. The molecule has 168 valence electrons. The van der Waals surface area contributed by atoms with Crippen LogP contribution < -0.4 is 15.5 Å². The number of carbonyl (C=O) groups excluding carboxylic acids is 3. The van der Waals surface area contributed by atoms with Crippen LogP contribution in [-0.4, -0.2) is 47.4 Å². The second-order valence-corrected chi connectivity index (χ2v) is 7.70. The van der Waals surface area contributed by atoms with Crippen molar-refractivity contribution in [1.29, 1.82) is 0 Å². The Morgan fingerprint density at radius 2 is 1.75 bits per heavy atom. The van der Waals surface area contributed by atoms with Crippen LogP contribution in [0.2, 0.25) is 0 Å². The van der Waals surface area contributed by atoms with Gasteiger partial charge in [-0.2, -0.15) is 0 Å². The molecule has 3 unspecified atom stereocenters. The lowest BCUT2D eigenvalue weighted by atomic mass is 10.0. The molecule has 0 spiro atoms. The largest absolute Gasteiger partial charge is 0.480 e. The standard InChI is InChI=1S/C23H24FN3O5/c1-14(23(31)32)25-22(30)19(11-15-5-3-2-4-6-15)26-21(29)16-12-20(28)27(13-16)18-9-7-17(24)8-10-18/h2-10,14,16,19H,11-13H2,1H3,(H,25,30)(H,26,29)(H,31,32). The van der Waals surface area contributed by atoms with Gasteiger partial charge in [-0.3, -0.25) is 19.2 Å². The first kappa shape index (κ1) is 22.9. The van der Waals surface area contributed by atoms with Crippen molar-refractivity contribution in [1.82, 2.24) is 10.6 Å². The zero-order valence-electron chi connectivity index (χ0n) is 17.5. The third kappa shape index (κ3) is 5.69. The number of benzene rings is 2. The van der Waals surface area contributed by atoms with Crippen LogP contribution in [0.1, 0.15) is 18.9 Å². The van der Waals surface area contributed by atoms with Gasteiger partial charge in [-0.05, 0) is 36.8 Å². The van der Waals surface area contributed by atoms with E-state index in [0.29, 0.717) is 5.69 Å². The molecule has 1 saturated heterocycles. The first-order valence-corrected chi connectivity index (χ1v) is 10.2. The van der Waals surface area contributed by atoms with Crippen molar-refractivity contribution in [3.8, 4) is 0 Å². The lowest BCUT2D eigenvalue weighted by Gasteiger charge is -2.22. The van der Waals surface area contributed by atoms with E-state index >= 15 is 0 Å². The minimum Gasteiger partial charge on any atom is -0.480 e. The SMILES string of the molecule is CC(NC(=O)C(Cc1ccccc1)NC(=O)C1CC(=O)N(c2ccc(F)cc2)C1)C(=O)O. The number of hydrogen-bond donors (Lipinski definition) is 3. The Kier molecular flexibility index (Phi) is 7.19. The van der Waals surface area contributed by atoms with Crippen molar-refractivity contribution >= 4 is 29.4 Å². The summed E-state index contributed by atoms with van der Waals surface area (Å²) in [5, 5.41) is 14.1. The Morgan fingerprint density at radius 1 is 1.09 bits per heavy atom. The first-order chi connectivity index (χ1) is 15.2. The summed E-state index contributed by atoms with van der Waals surface area (Å²) in [7, 11) is 0. The third-order valence-corrected chi connectivity index (χ3v) is 5.28. The molecule has 9 heteroatoms. The Morgan fingerprint density at radius 3 is 2.38 bits per heavy atom. The predicted molar refractivity (Wildman–Crippen MR) is 114 cm³/mol. The van der Waals surface area contributed by atoms with Gasteiger partial charge in [0.1, 0.15) is 17.9 Å². The molecular formula is C23H24FN3O5. The fraction of sp³-hybridized carbons (Fsp3) is 0.304. The second-order valence-electron chi connectivity index (χ2n) is 7.70. The normalized spacial score (nSPS) is 17.5. The molecule has 8 nitrogen and oxygen atoms in total. The van der Waals surface area contributed by atoms with Crippen molar-refractivity contribution < 1.29 is 28.7 Å². The van der Waals surface area contributed by atoms with Crippen molar-refractivity contribution in [2.45, 2.75) is 31.8 Å². The van der Waals surface area contributed by atoms with Crippen molar-refractivity contribution in [3.63, 3.8) is 0 Å². The summed E-state index contributed by atoms with van der Waals surface area (Å²) < 4.78 is 13.2. The van der Waals surface area contributed by atoms with Gasteiger partial charge in [0, 0.05) is 25.1 Å². The molecule has 0 aliphatic carbocycles. The highest BCUT2D eigenvalue weighted by Crippen LogP contribution is 2.25. The molecule has 1 heterocycles. The molecule has 2 aromatic carbocycles. The Labute approximate surface area is 184 Å². The van der Waals surface area contributed by atoms with Crippen molar-refractivity contribution in [2.75, 3.05) is 11.4 Å². The van der Waals surface area contributed by atoms with Gasteiger partial charge < -0.3 is 20.6 Å². The van der Waals surface area contributed by atoms with Crippen molar-refractivity contribution in [3.05, 3.63) is 66.0 Å². The molecule has 0 saturated carbocycles. The maximum atomic E-state index is 13.2. The van der Waals surface area contributed by atoms with E-state index in [9.17, 15) is 23.6 Å². The van der Waals surface area contributed by atoms with Gasteiger partial charge in [0.05, 0.1) is 5.92 Å². The maximum absolute atomic E-state index is 13.2. The zero-order valence-corrected chi connectivity index (χ0v) is 17.5. The van der Waals surface area contributed by atoms with Gasteiger partial charge in [-0.15, -0.1) is 0 Å². The summed E-state index contributed by atoms with van der Waals surface area (Å²) in [4.78, 5) is 50.5. The topological polar surface area (TPSA) is 116 Å². The molecule has 32 heavy (non-hydrogen) atoms. The number of aliphatic carboxylic acids is 1. The number of carbonyl (C=O) groups is 4. The number of hydrogen-bond acceptors (Lipinski definition) is 4. The average Bonchev–Trinajstić information content (AvgIpc) is 3.16. The molecule has 1 aliphatic heterocycles. The van der Waals surface area contributed by atoms with Crippen LogP contribution in [0, 0.1) is 11.7 Å². The van der Waals surface area contributed by atoms with Crippen LogP contribution in [0.5, 0.6) is 0 Å². The molecule has 3 N–H and O–H groups in total. The second kappa shape index (κ2) is 10.0. The maximum Gasteiger partial charge on any atom is 0.325 e. The molecule has 0 bridgehead atoms. The van der Waals surface area contributed by atoms with Crippen LogP contribution in [0.3, 0.4) is 0 Å². The van der Waals surface area contributed by atoms with E-state index in [0.717, 1.165) is 5.56 Å². The summed E-state index contributed by atoms with van der Waals surface area (Å²) in [6.45, 7) is 1.43. The lowest BCUT2D eigenvalue weighted by Crippen LogP contribution is -2.53. The lowest BCUT2D eigenvalue weighted by molar-refractivity contribution is -0.141. The van der Waals surface area contributed by atoms with Crippen LogP contribution in [-0.2, 0) is 25.6 Å². The fourth-order valence-corrected chi connectivity index (χ4v) is 3.48. The number of carboxylic acids is 1. The molecule has 3 rings (SSSR count). The molecule has 3 amide bonds. The average molecular weight is 441 g/mol. The molecule has 2 aromatic rings. The smallest absolute Gasteiger partial charge is 0.325 e. The van der Waals surface area contributed by atoms with Crippen LogP contribution in [0.15, 0.2) is 54.6 Å². The highest BCUT2D eigenvalue weighted by molar-refractivity contribution is 6.01. The van der Waals surface area contributed by atoms with E-state index in [1.165, 1.54) is 36.1 Å². The van der Waals surface area contributed by atoms with Crippen LogP contribution in [0.4, 0.5) is 10.1 Å². The number of carboxylic acid groups (broad SMARTS) is 1. The first-order valence-electron chi connectivity index (χ1n) is 10.2. The number of rotatable bonds is 8. The van der Waals surface area contributed by atoms with E-state index in [-0.39, 0.29) is 25.3 Å². The minimum atomic E-state index is -1.19. The minimum absolute atomic E-state index is 0.0472.